The second-order valence-corrected chi connectivity index (χ2v) is 18.2. The third-order valence-electron chi connectivity index (χ3n) is 14.2. The van der Waals surface area contributed by atoms with Crippen LogP contribution in [0.25, 0.3) is 28.0 Å². The number of likely N-dealkylation sites (tertiary alicyclic amines) is 2. The van der Waals surface area contributed by atoms with Gasteiger partial charge in [0.25, 0.3) is 0 Å². The Balaban J connectivity index is 0.997. The van der Waals surface area contributed by atoms with Crippen molar-refractivity contribution in [2.75, 3.05) is 27.3 Å². The summed E-state index contributed by atoms with van der Waals surface area (Å²) in [6.45, 7) is 11.5. The lowest BCUT2D eigenvalue weighted by Crippen LogP contribution is -2.51. The quantitative estimate of drug-likeness (QED) is 0.175. The number of imidazole rings is 1. The average molecular weight is 817 g/mol. The molecule has 0 radical (unpaired) electrons. The molecule has 0 spiro atoms. The van der Waals surface area contributed by atoms with Crippen LogP contribution < -0.4 is 5.32 Å². The molecule has 2 aromatic carbocycles. The van der Waals surface area contributed by atoms with Crippen LogP contribution in [0.5, 0.6) is 0 Å². The molecule has 60 heavy (non-hydrogen) atoms. The lowest BCUT2D eigenvalue weighted by Gasteiger charge is -2.30. The first-order valence-electron chi connectivity index (χ1n) is 22.0. The third kappa shape index (κ3) is 7.55. The molecule has 318 valence electrons. The monoisotopic (exact) mass is 816 g/mol. The topological polar surface area (TPSA) is 146 Å². The number of benzene rings is 2. The number of amides is 3. The van der Waals surface area contributed by atoms with Crippen LogP contribution in [-0.4, -0.2) is 88.7 Å². The van der Waals surface area contributed by atoms with Gasteiger partial charge in [-0.2, -0.15) is 0 Å². The number of esters is 1. The first-order valence-corrected chi connectivity index (χ1v) is 22.0. The Morgan fingerprint density at radius 2 is 1.43 bits per heavy atom. The fourth-order valence-electron chi connectivity index (χ4n) is 10.9. The van der Waals surface area contributed by atoms with Crippen molar-refractivity contribution in [3.05, 3.63) is 71.3 Å². The van der Waals surface area contributed by atoms with E-state index in [1.165, 1.54) is 60.5 Å². The number of hydrogen-bond donors (Lipinski definition) is 2. The number of rotatable bonds is 12. The zero-order valence-electron chi connectivity index (χ0n) is 36.1. The van der Waals surface area contributed by atoms with Gasteiger partial charge in [-0.25, -0.2) is 9.78 Å². The minimum absolute atomic E-state index is 0.0274. The van der Waals surface area contributed by atoms with Gasteiger partial charge in [-0.3, -0.25) is 19.4 Å². The number of ether oxygens (including phenoxy) is 2. The van der Waals surface area contributed by atoms with E-state index < -0.39 is 18.1 Å². The summed E-state index contributed by atoms with van der Waals surface area (Å²) in [5, 5.41) is 2.72. The number of carbonyl (C=O) groups is 4. The molecule has 2 saturated heterocycles. The van der Waals surface area contributed by atoms with Crippen molar-refractivity contribution in [1.29, 1.82) is 0 Å². The Morgan fingerprint density at radius 1 is 0.800 bits per heavy atom. The van der Waals surface area contributed by atoms with Gasteiger partial charge >= 0.3 is 12.1 Å². The number of carbonyl (C=O) groups excluding carboxylic acids is 4. The number of aromatic nitrogens is 2. The zero-order chi connectivity index (χ0) is 42.4. The Morgan fingerprint density at radius 3 is 2.08 bits per heavy atom. The number of nitrogens with zero attached hydrogens (tertiary/aromatic N) is 4. The van der Waals surface area contributed by atoms with Crippen LogP contribution in [0.3, 0.4) is 0 Å². The van der Waals surface area contributed by atoms with Crippen molar-refractivity contribution in [3.8, 4) is 22.4 Å². The minimum atomic E-state index is -0.682. The van der Waals surface area contributed by atoms with E-state index >= 15 is 0 Å². The Bertz CT molecular complexity index is 2210. The van der Waals surface area contributed by atoms with Gasteiger partial charge in [0, 0.05) is 31.4 Å². The molecule has 2 bridgehead atoms. The summed E-state index contributed by atoms with van der Waals surface area (Å²) in [7, 11) is 2.68. The first kappa shape index (κ1) is 41.5. The maximum Gasteiger partial charge on any atom is 0.407 e. The van der Waals surface area contributed by atoms with Crippen LogP contribution in [0.2, 0.25) is 0 Å². The molecule has 3 aliphatic heterocycles. The Kier molecular flexibility index (Phi) is 11.8. The predicted molar refractivity (Wildman–Crippen MR) is 231 cm³/mol. The molecule has 12 heteroatoms. The Hall–Kier alpha value is -5.26. The van der Waals surface area contributed by atoms with Gasteiger partial charge in [0.15, 0.2) is 0 Å². The summed E-state index contributed by atoms with van der Waals surface area (Å²) in [5.41, 5.74) is 10.9. The van der Waals surface area contributed by atoms with E-state index in [0.717, 1.165) is 54.9 Å². The van der Waals surface area contributed by atoms with Crippen LogP contribution in [0, 0.1) is 23.7 Å². The molecular formula is C48H60N6O6. The molecule has 2 aliphatic carbocycles. The van der Waals surface area contributed by atoms with Crippen LogP contribution in [0.4, 0.5) is 4.79 Å². The number of methoxy groups -OCH3 is 2. The molecule has 3 unspecified atom stereocenters. The maximum absolute atomic E-state index is 13.9. The fourth-order valence-corrected chi connectivity index (χ4v) is 10.9. The molecule has 7 atom stereocenters. The predicted octanol–water partition coefficient (Wildman–Crippen LogP) is 8.41. The van der Waals surface area contributed by atoms with Crippen LogP contribution in [0.15, 0.2) is 53.8 Å². The van der Waals surface area contributed by atoms with Crippen molar-refractivity contribution >= 4 is 35.2 Å². The standard InChI is InChI=1S/C48H60N6O6/c1-26(2)36(23-41(55)59-6)46(56)53-20-8-10-39(53)37-22-31(24-49-37)35-19-18-34(42-32-16-17-33(28(32)5)43(35)42)29-12-14-30(15-13-29)38-25-50-45(51-38)40-11-9-21-54(40)47(57)44(27(3)4)52-48(58)60-7/h12-15,18-19,24-28,32-33,36,39-40,44H,8-11,16-17,20-23H2,1-7H3,(H,50,51)(H,52,58)/t28?,32?,33?,36-,39-,40-,44-/m0/s1. The smallest absolute Gasteiger partial charge is 0.407 e. The fraction of sp³-hybridized carbons (Fsp3) is 0.542. The number of hydrogen-bond acceptors (Lipinski definition) is 8. The van der Waals surface area contributed by atoms with Gasteiger partial charge in [-0.1, -0.05) is 71.0 Å². The first-order chi connectivity index (χ1) is 28.9. The molecule has 1 saturated carbocycles. The number of fused-ring (bicyclic) bond motifs is 5. The van der Waals surface area contributed by atoms with Crippen molar-refractivity contribution in [2.24, 2.45) is 28.7 Å². The van der Waals surface area contributed by atoms with E-state index in [9.17, 15) is 19.2 Å². The second-order valence-electron chi connectivity index (χ2n) is 18.2. The van der Waals surface area contributed by atoms with Gasteiger partial charge in [0.1, 0.15) is 11.9 Å². The molecule has 3 aromatic rings. The molecule has 3 fully saturated rings. The largest absolute Gasteiger partial charge is 0.469 e. The molecule has 2 N–H and O–H groups in total. The molecule has 8 rings (SSSR count). The third-order valence-corrected chi connectivity index (χ3v) is 14.2. The maximum atomic E-state index is 13.9. The lowest BCUT2D eigenvalue weighted by molar-refractivity contribution is -0.148. The highest BCUT2D eigenvalue weighted by molar-refractivity contribution is 6.04. The highest BCUT2D eigenvalue weighted by atomic mass is 16.5. The molecule has 12 nitrogen and oxygen atoms in total. The van der Waals surface area contributed by atoms with E-state index in [4.69, 9.17) is 19.5 Å². The minimum Gasteiger partial charge on any atom is -0.469 e. The number of aliphatic imine (C=N–C) groups is 1. The van der Waals surface area contributed by atoms with Crippen LogP contribution in [-0.2, 0) is 23.9 Å². The number of nitrogens with one attached hydrogen (secondary N) is 2. The Labute approximate surface area is 353 Å². The highest BCUT2D eigenvalue weighted by Crippen LogP contribution is 2.61. The van der Waals surface area contributed by atoms with E-state index in [-0.39, 0.29) is 48.1 Å². The number of alkyl carbamates (subject to hydrolysis) is 1. The molecule has 4 heterocycles. The van der Waals surface area contributed by atoms with Gasteiger partial charge < -0.3 is 29.6 Å². The summed E-state index contributed by atoms with van der Waals surface area (Å²) >= 11 is 0. The van der Waals surface area contributed by atoms with Gasteiger partial charge in [-0.05, 0) is 107 Å². The molecule has 5 aliphatic rings. The van der Waals surface area contributed by atoms with Gasteiger partial charge in [0.05, 0.1) is 50.5 Å². The number of H-pyrrole nitrogens is 1. The summed E-state index contributed by atoms with van der Waals surface area (Å²) < 4.78 is 9.73. The van der Waals surface area contributed by atoms with E-state index in [1.54, 1.807) is 0 Å². The van der Waals surface area contributed by atoms with Gasteiger partial charge in [0.2, 0.25) is 11.8 Å². The second kappa shape index (κ2) is 17.0. The number of aromatic amines is 1. The van der Waals surface area contributed by atoms with Crippen molar-refractivity contribution in [3.63, 3.8) is 0 Å². The lowest BCUT2D eigenvalue weighted by atomic mass is 9.80. The SMILES string of the molecule is COC(=O)C[C@H](C(=O)N1CCC[C@H]1C1=NC=C(c2ccc(-c3ccc(-c4cnc([C@@H]5CCCN5C(=O)[C@@H](NC(=O)OC)C(C)C)[nH]4)cc3)c3c2C2CCC3C2C)C1)C(C)C. The van der Waals surface area contributed by atoms with Crippen LogP contribution >= 0.6 is 0 Å². The molecule has 3 amide bonds. The number of allylic oxidation sites excluding steroid dienone is 1. The highest BCUT2D eigenvalue weighted by Gasteiger charge is 2.47. The van der Waals surface area contributed by atoms with Crippen molar-refractivity contribution < 1.29 is 28.7 Å². The average Bonchev–Trinajstić information content (AvgIpc) is 4.12. The van der Waals surface area contributed by atoms with E-state index in [1.807, 2.05) is 49.9 Å². The van der Waals surface area contributed by atoms with Crippen molar-refractivity contribution in [1.82, 2.24) is 25.1 Å². The van der Waals surface area contributed by atoms with E-state index in [0.29, 0.717) is 30.8 Å². The molecular weight excluding hydrogens is 757 g/mol. The summed E-state index contributed by atoms with van der Waals surface area (Å²) in [6, 6.07) is 12.4. The van der Waals surface area contributed by atoms with Crippen LogP contribution in [0.1, 0.15) is 126 Å². The summed E-state index contributed by atoms with van der Waals surface area (Å²) in [4.78, 5) is 68.9. The van der Waals surface area contributed by atoms with Gasteiger partial charge in [-0.15, -0.1) is 0 Å². The molecule has 1 aromatic heterocycles. The normalized spacial score (nSPS) is 24.1. The summed E-state index contributed by atoms with van der Waals surface area (Å²) in [5.74, 6) is 1.42. The zero-order valence-corrected chi connectivity index (χ0v) is 36.1. The van der Waals surface area contributed by atoms with E-state index in [2.05, 4.69) is 53.6 Å². The summed E-state index contributed by atoms with van der Waals surface area (Å²) in [6.07, 6.45) is 9.97. The van der Waals surface area contributed by atoms with Crippen molar-refractivity contribution in [2.45, 2.75) is 116 Å².